The molecule has 0 saturated carbocycles. The third kappa shape index (κ3) is 4.22. The molecule has 3 heterocycles. The number of aromatic nitrogens is 3. The van der Waals surface area contributed by atoms with Crippen molar-refractivity contribution >= 4 is 50.2 Å². The number of aryl methyl sites for hydroxylation is 2. The summed E-state index contributed by atoms with van der Waals surface area (Å²) in [6.07, 6.45) is 2.30. The third-order valence-corrected chi connectivity index (χ3v) is 7.36. The van der Waals surface area contributed by atoms with Crippen LogP contribution in [0.3, 0.4) is 0 Å². The Balaban J connectivity index is 1.53. The van der Waals surface area contributed by atoms with E-state index in [0.717, 1.165) is 42.3 Å². The van der Waals surface area contributed by atoms with Gasteiger partial charge in [0.1, 0.15) is 4.70 Å². The maximum atomic E-state index is 13.0. The van der Waals surface area contributed by atoms with Gasteiger partial charge in [0.2, 0.25) is 5.91 Å². The maximum Gasteiger partial charge on any atom is 0.273 e. The van der Waals surface area contributed by atoms with E-state index in [1.165, 1.54) is 28.7 Å². The molecule has 3 aromatic rings. The highest BCUT2D eigenvalue weighted by Gasteiger charge is 2.20. The van der Waals surface area contributed by atoms with Crippen molar-refractivity contribution in [1.82, 2.24) is 14.5 Å². The van der Waals surface area contributed by atoms with Crippen molar-refractivity contribution in [2.75, 3.05) is 29.1 Å². The molecule has 0 unspecified atom stereocenters. The third-order valence-electron chi connectivity index (χ3n) is 5.29. The number of benzene rings is 1. The van der Waals surface area contributed by atoms with Gasteiger partial charge in [0.25, 0.3) is 5.56 Å². The first-order valence-corrected chi connectivity index (χ1v) is 11.9. The molecule has 0 atom stereocenters. The van der Waals surface area contributed by atoms with E-state index in [1.54, 1.807) is 4.57 Å². The molecular formula is C21H25N5O2S2. The van der Waals surface area contributed by atoms with Gasteiger partial charge in [-0.15, -0.1) is 0 Å². The van der Waals surface area contributed by atoms with E-state index in [-0.39, 0.29) is 17.2 Å². The van der Waals surface area contributed by atoms with Crippen molar-refractivity contribution in [3.8, 4) is 0 Å². The molecule has 0 bridgehead atoms. The Labute approximate surface area is 183 Å². The van der Waals surface area contributed by atoms with E-state index in [9.17, 15) is 9.59 Å². The zero-order chi connectivity index (χ0) is 21.3. The van der Waals surface area contributed by atoms with Gasteiger partial charge in [-0.2, -0.15) is 4.98 Å². The number of hydrogen-bond donors (Lipinski definition) is 1. The molecule has 1 aliphatic rings. The number of nitrogens with one attached hydrogen (secondary N) is 1. The summed E-state index contributed by atoms with van der Waals surface area (Å²) in [4.78, 5) is 36.9. The number of rotatable bonds is 6. The van der Waals surface area contributed by atoms with Gasteiger partial charge >= 0.3 is 0 Å². The molecule has 0 radical (unpaired) electrons. The molecule has 2 aromatic heterocycles. The van der Waals surface area contributed by atoms with Gasteiger partial charge < -0.3 is 10.2 Å². The predicted octanol–water partition coefficient (Wildman–Crippen LogP) is 3.82. The number of hydrogen-bond acceptors (Lipinski definition) is 7. The summed E-state index contributed by atoms with van der Waals surface area (Å²) >= 11 is 2.69. The van der Waals surface area contributed by atoms with Gasteiger partial charge in [0, 0.05) is 25.3 Å². The Morgan fingerprint density at radius 2 is 1.97 bits per heavy atom. The van der Waals surface area contributed by atoms with Crippen LogP contribution >= 0.6 is 23.1 Å². The van der Waals surface area contributed by atoms with Crippen LogP contribution in [-0.4, -0.2) is 39.3 Å². The first kappa shape index (κ1) is 20.9. The predicted molar refractivity (Wildman–Crippen MR) is 124 cm³/mol. The van der Waals surface area contributed by atoms with Crippen LogP contribution in [0.15, 0.2) is 28.2 Å². The van der Waals surface area contributed by atoms with E-state index in [4.69, 9.17) is 0 Å². The molecule has 1 aliphatic heterocycles. The summed E-state index contributed by atoms with van der Waals surface area (Å²) in [5, 5.41) is 4.31. The number of amides is 1. The van der Waals surface area contributed by atoms with Crippen LogP contribution in [0, 0.1) is 13.8 Å². The van der Waals surface area contributed by atoms with Crippen LogP contribution in [0.1, 0.15) is 30.9 Å². The topological polar surface area (TPSA) is 80.1 Å². The fourth-order valence-corrected chi connectivity index (χ4v) is 5.31. The van der Waals surface area contributed by atoms with Gasteiger partial charge in [-0.05, 0) is 56.9 Å². The standard InChI is InChI=1S/C21H25N5O2S2/c1-4-26-19(28)17-18(23-20(30-17)25-9-5-6-10-25)24-21(26)29-12-16(27)22-15-8-7-13(2)14(3)11-15/h7-8,11H,4-6,9-10,12H2,1-3H3,(H,22,27). The van der Waals surface area contributed by atoms with Crippen molar-refractivity contribution in [1.29, 1.82) is 0 Å². The van der Waals surface area contributed by atoms with Crippen LogP contribution in [-0.2, 0) is 11.3 Å². The number of fused-ring (bicyclic) bond motifs is 1. The molecule has 1 aromatic carbocycles. The summed E-state index contributed by atoms with van der Waals surface area (Å²) in [5.41, 5.74) is 3.49. The molecule has 1 fully saturated rings. The SMILES string of the molecule is CCn1c(SCC(=O)Nc2ccc(C)c(C)c2)nc2nc(N3CCCC3)sc2c1=O. The average molecular weight is 444 g/mol. The largest absolute Gasteiger partial charge is 0.348 e. The highest BCUT2D eigenvalue weighted by atomic mass is 32.2. The number of thiazole rings is 1. The number of carbonyl (C=O) groups is 1. The van der Waals surface area contributed by atoms with Gasteiger partial charge in [0.05, 0.1) is 5.75 Å². The molecule has 4 rings (SSSR count). The highest BCUT2D eigenvalue weighted by Crippen LogP contribution is 2.29. The first-order chi connectivity index (χ1) is 14.5. The number of anilines is 2. The quantitative estimate of drug-likeness (QED) is 0.461. The lowest BCUT2D eigenvalue weighted by Gasteiger charge is -2.11. The van der Waals surface area contributed by atoms with E-state index in [0.29, 0.717) is 22.0 Å². The smallest absolute Gasteiger partial charge is 0.273 e. The summed E-state index contributed by atoms with van der Waals surface area (Å²) in [7, 11) is 0. The summed E-state index contributed by atoms with van der Waals surface area (Å²) < 4.78 is 2.21. The van der Waals surface area contributed by atoms with E-state index in [1.807, 2.05) is 39.0 Å². The Kier molecular flexibility index (Phi) is 6.10. The van der Waals surface area contributed by atoms with Gasteiger partial charge in [-0.25, -0.2) is 4.98 Å². The van der Waals surface area contributed by atoms with E-state index < -0.39 is 0 Å². The molecule has 7 nitrogen and oxygen atoms in total. The number of carbonyl (C=O) groups excluding carboxylic acids is 1. The summed E-state index contributed by atoms with van der Waals surface area (Å²) in [5.74, 6) is 0.0462. The van der Waals surface area contributed by atoms with Crippen LogP contribution in [0.4, 0.5) is 10.8 Å². The second-order valence-electron chi connectivity index (χ2n) is 7.42. The van der Waals surface area contributed by atoms with Gasteiger partial charge in [0.15, 0.2) is 15.9 Å². The van der Waals surface area contributed by atoms with Crippen molar-refractivity contribution in [2.24, 2.45) is 0 Å². The van der Waals surface area contributed by atoms with Crippen LogP contribution in [0.25, 0.3) is 10.3 Å². The Hall–Kier alpha value is -2.39. The van der Waals surface area contributed by atoms with E-state index in [2.05, 4.69) is 20.2 Å². The molecule has 0 aliphatic carbocycles. The molecule has 1 saturated heterocycles. The van der Waals surface area contributed by atoms with E-state index >= 15 is 0 Å². The molecule has 9 heteroatoms. The van der Waals surface area contributed by atoms with Crippen molar-refractivity contribution in [3.63, 3.8) is 0 Å². The Morgan fingerprint density at radius 1 is 1.20 bits per heavy atom. The Morgan fingerprint density at radius 3 is 2.67 bits per heavy atom. The molecule has 1 amide bonds. The minimum atomic E-state index is -0.128. The fourth-order valence-electron chi connectivity index (χ4n) is 3.46. The zero-order valence-electron chi connectivity index (χ0n) is 17.4. The second kappa shape index (κ2) is 8.77. The highest BCUT2D eigenvalue weighted by molar-refractivity contribution is 7.99. The minimum absolute atomic E-state index is 0.0810. The van der Waals surface area contributed by atoms with Gasteiger partial charge in [-0.1, -0.05) is 29.2 Å². The average Bonchev–Trinajstić information content (AvgIpc) is 3.39. The van der Waals surface area contributed by atoms with Crippen LogP contribution in [0.5, 0.6) is 0 Å². The lowest BCUT2D eigenvalue weighted by atomic mass is 10.1. The molecule has 0 spiro atoms. The summed E-state index contributed by atoms with van der Waals surface area (Å²) in [6, 6.07) is 5.84. The number of thioether (sulfide) groups is 1. The fraction of sp³-hybridized carbons (Fsp3) is 0.429. The van der Waals surface area contributed by atoms with Crippen LogP contribution in [0.2, 0.25) is 0 Å². The van der Waals surface area contributed by atoms with Crippen molar-refractivity contribution in [3.05, 3.63) is 39.7 Å². The lowest BCUT2D eigenvalue weighted by molar-refractivity contribution is -0.113. The van der Waals surface area contributed by atoms with Crippen molar-refractivity contribution in [2.45, 2.75) is 45.3 Å². The second-order valence-corrected chi connectivity index (χ2v) is 9.34. The van der Waals surface area contributed by atoms with Gasteiger partial charge in [-0.3, -0.25) is 14.2 Å². The number of nitrogens with zero attached hydrogens (tertiary/aromatic N) is 4. The normalized spacial score (nSPS) is 13.9. The first-order valence-electron chi connectivity index (χ1n) is 10.1. The summed E-state index contributed by atoms with van der Waals surface area (Å²) in [6.45, 7) is 8.42. The zero-order valence-corrected chi connectivity index (χ0v) is 19.0. The Bertz CT molecular complexity index is 1150. The molecular weight excluding hydrogens is 418 g/mol. The lowest BCUT2D eigenvalue weighted by Crippen LogP contribution is -2.23. The molecule has 1 N–H and O–H groups in total. The molecule has 30 heavy (non-hydrogen) atoms. The van der Waals surface area contributed by atoms with Crippen LogP contribution < -0.4 is 15.8 Å². The minimum Gasteiger partial charge on any atom is -0.348 e. The monoisotopic (exact) mass is 443 g/mol. The maximum absolute atomic E-state index is 13.0. The molecule has 158 valence electrons. The van der Waals surface area contributed by atoms with Crippen molar-refractivity contribution < 1.29 is 4.79 Å².